The Kier molecular flexibility index (Phi) is 6.65. The number of ether oxygens (including phenoxy) is 1. The average molecular weight is 296 g/mol. The predicted molar refractivity (Wildman–Crippen MR) is 78.4 cm³/mol. The highest BCUT2D eigenvalue weighted by atomic mass is 19.1. The van der Waals surface area contributed by atoms with Crippen molar-refractivity contribution < 1.29 is 19.1 Å². The Hall–Kier alpha value is -2.11. The number of rotatable bonds is 7. The molecule has 0 radical (unpaired) electrons. The van der Waals surface area contributed by atoms with Crippen molar-refractivity contribution in [2.45, 2.75) is 39.7 Å². The number of nitrogens with zero attached hydrogens (tertiary/aromatic N) is 1. The summed E-state index contributed by atoms with van der Waals surface area (Å²) < 4.78 is 18.6. The highest BCUT2D eigenvalue weighted by Gasteiger charge is 2.13. The Morgan fingerprint density at radius 3 is 2.67 bits per heavy atom. The van der Waals surface area contributed by atoms with E-state index in [1.54, 1.807) is 6.92 Å². The van der Waals surface area contributed by atoms with Crippen LogP contribution in [0.2, 0.25) is 0 Å². The lowest BCUT2D eigenvalue weighted by molar-refractivity contribution is -0.123. The number of carbonyl (C=O) groups is 1. The Labute approximate surface area is 123 Å². The molecule has 1 amide bonds. The molecule has 21 heavy (non-hydrogen) atoms. The van der Waals surface area contributed by atoms with E-state index in [0.29, 0.717) is 5.56 Å². The quantitative estimate of drug-likeness (QED) is 0.462. The van der Waals surface area contributed by atoms with E-state index in [2.05, 4.69) is 10.5 Å². The minimum atomic E-state index is -0.486. The molecule has 0 saturated carbocycles. The van der Waals surface area contributed by atoms with Gasteiger partial charge in [0.05, 0.1) is 5.71 Å². The van der Waals surface area contributed by atoms with E-state index < -0.39 is 5.82 Å². The number of benzene rings is 1. The van der Waals surface area contributed by atoms with Crippen LogP contribution in [0.5, 0.6) is 5.75 Å². The van der Waals surface area contributed by atoms with E-state index in [1.165, 1.54) is 12.1 Å². The van der Waals surface area contributed by atoms with Crippen molar-refractivity contribution in [1.29, 1.82) is 0 Å². The van der Waals surface area contributed by atoms with Crippen LogP contribution in [0.3, 0.4) is 0 Å². The molecule has 0 bridgehead atoms. The molecule has 0 fully saturated rings. The minimum absolute atomic E-state index is 0.105. The normalized spacial score (nSPS) is 11.6. The van der Waals surface area contributed by atoms with Gasteiger partial charge in [0, 0.05) is 17.7 Å². The van der Waals surface area contributed by atoms with E-state index in [-0.39, 0.29) is 30.0 Å². The number of oxime groups is 1. The second-order valence-corrected chi connectivity index (χ2v) is 4.70. The number of nitrogens with one attached hydrogen (secondary N) is 1. The molecule has 0 aliphatic rings. The summed E-state index contributed by atoms with van der Waals surface area (Å²) in [6.07, 6.45) is 1.67. The Morgan fingerprint density at radius 1 is 1.43 bits per heavy atom. The molecular weight excluding hydrogens is 275 g/mol. The van der Waals surface area contributed by atoms with Crippen LogP contribution in [0.25, 0.3) is 0 Å². The summed E-state index contributed by atoms with van der Waals surface area (Å²) in [6.45, 7) is 5.32. The largest absolute Gasteiger partial charge is 0.483 e. The SMILES string of the molecule is CCC(CC)NC(=O)COc1cc(F)ccc1C(C)=NO. The first-order valence-corrected chi connectivity index (χ1v) is 6.92. The van der Waals surface area contributed by atoms with Crippen molar-refractivity contribution in [3.63, 3.8) is 0 Å². The van der Waals surface area contributed by atoms with Gasteiger partial charge in [-0.2, -0.15) is 0 Å². The smallest absolute Gasteiger partial charge is 0.258 e. The van der Waals surface area contributed by atoms with Crippen molar-refractivity contribution >= 4 is 11.6 Å². The average Bonchev–Trinajstić information content (AvgIpc) is 2.49. The first-order chi connectivity index (χ1) is 10.0. The van der Waals surface area contributed by atoms with Crippen LogP contribution >= 0.6 is 0 Å². The molecular formula is C15H21FN2O3. The van der Waals surface area contributed by atoms with Crippen LogP contribution < -0.4 is 10.1 Å². The van der Waals surface area contributed by atoms with Gasteiger partial charge in [-0.25, -0.2) is 4.39 Å². The third kappa shape index (κ3) is 5.06. The third-order valence-electron chi connectivity index (χ3n) is 3.19. The minimum Gasteiger partial charge on any atom is -0.483 e. The molecule has 1 aromatic carbocycles. The van der Waals surface area contributed by atoms with Gasteiger partial charge < -0.3 is 15.3 Å². The molecule has 0 spiro atoms. The van der Waals surface area contributed by atoms with Gasteiger partial charge in [0.1, 0.15) is 11.6 Å². The lowest BCUT2D eigenvalue weighted by Crippen LogP contribution is -2.37. The van der Waals surface area contributed by atoms with Crippen LogP contribution in [-0.2, 0) is 4.79 Å². The third-order valence-corrected chi connectivity index (χ3v) is 3.19. The van der Waals surface area contributed by atoms with E-state index >= 15 is 0 Å². The Balaban J connectivity index is 2.74. The number of halogens is 1. The number of hydrogen-bond donors (Lipinski definition) is 2. The van der Waals surface area contributed by atoms with Gasteiger partial charge >= 0.3 is 0 Å². The molecule has 116 valence electrons. The summed E-state index contributed by atoms with van der Waals surface area (Å²) >= 11 is 0. The first kappa shape index (κ1) is 16.9. The standard InChI is InChI=1S/C15H21FN2O3/c1-4-12(5-2)17-15(19)9-21-14-8-11(16)6-7-13(14)10(3)18-20/h6-8,12,20H,4-5,9H2,1-3H3,(H,17,19). The van der Waals surface area contributed by atoms with E-state index in [4.69, 9.17) is 9.94 Å². The van der Waals surface area contributed by atoms with Gasteiger partial charge in [0.25, 0.3) is 5.91 Å². The molecule has 5 nitrogen and oxygen atoms in total. The highest BCUT2D eigenvalue weighted by molar-refractivity contribution is 6.00. The van der Waals surface area contributed by atoms with Gasteiger partial charge in [-0.15, -0.1) is 0 Å². The fourth-order valence-corrected chi connectivity index (χ4v) is 1.87. The summed E-state index contributed by atoms with van der Waals surface area (Å²) in [6, 6.07) is 3.95. The predicted octanol–water partition coefficient (Wildman–Crippen LogP) is 2.71. The summed E-state index contributed by atoms with van der Waals surface area (Å²) in [7, 11) is 0. The second kappa shape index (κ2) is 8.24. The molecule has 2 N–H and O–H groups in total. The van der Waals surface area contributed by atoms with Gasteiger partial charge in [-0.1, -0.05) is 19.0 Å². The summed E-state index contributed by atoms with van der Waals surface area (Å²) in [5.41, 5.74) is 0.722. The van der Waals surface area contributed by atoms with Crippen LogP contribution in [0.15, 0.2) is 23.4 Å². The summed E-state index contributed by atoms with van der Waals surface area (Å²) in [5, 5.41) is 14.7. The zero-order valence-electron chi connectivity index (χ0n) is 12.5. The lowest BCUT2D eigenvalue weighted by atomic mass is 10.1. The van der Waals surface area contributed by atoms with Crippen molar-refractivity contribution in [2.24, 2.45) is 5.16 Å². The summed E-state index contributed by atoms with van der Waals surface area (Å²) in [4.78, 5) is 11.8. The van der Waals surface area contributed by atoms with Crippen LogP contribution in [-0.4, -0.2) is 29.5 Å². The van der Waals surface area contributed by atoms with E-state index in [9.17, 15) is 9.18 Å². The molecule has 0 aromatic heterocycles. The molecule has 0 heterocycles. The first-order valence-electron chi connectivity index (χ1n) is 6.92. The van der Waals surface area contributed by atoms with Gasteiger partial charge in [-0.05, 0) is 31.9 Å². The van der Waals surface area contributed by atoms with Crippen molar-refractivity contribution in [2.75, 3.05) is 6.61 Å². The highest BCUT2D eigenvalue weighted by Crippen LogP contribution is 2.20. The zero-order chi connectivity index (χ0) is 15.8. The molecule has 1 aromatic rings. The van der Waals surface area contributed by atoms with Crippen LogP contribution in [0.1, 0.15) is 39.2 Å². The molecule has 6 heteroatoms. The molecule has 0 unspecified atom stereocenters. The Bertz CT molecular complexity index is 514. The second-order valence-electron chi connectivity index (χ2n) is 4.70. The van der Waals surface area contributed by atoms with Crippen molar-refractivity contribution in [3.05, 3.63) is 29.6 Å². The molecule has 0 saturated heterocycles. The lowest BCUT2D eigenvalue weighted by Gasteiger charge is -2.16. The monoisotopic (exact) mass is 296 g/mol. The zero-order valence-corrected chi connectivity index (χ0v) is 12.5. The Morgan fingerprint density at radius 2 is 2.10 bits per heavy atom. The van der Waals surface area contributed by atoms with Crippen LogP contribution in [0, 0.1) is 5.82 Å². The van der Waals surface area contributed by atoms with Gasteiger partial charge in [0.15, 0.2) is 6.61 Å². The summed E-state index contributed by atoms with van der Waals surface area (Å²) in [5.74, 6) is -0.581. The fraction of sp³-hybridized carbons (Fsp3) is 0.467. The number of carbonyl (C=O) groups excluding carboxylic acids is 1. The molecule has 0 aliphatic heterocycles. The molecule has 1 rings (SSSR count). The van der Waals surface area contributed by atoms with Crippen molar-refractivity contribution in [3.8, 4) is 5.75 Å². The maximum absolute atomic E-state index is 13.3. The van der Waals surface area contributed by atoms with Gasteiger partial charge in [-0.3, -0.25) is 4.79 Å². The number of hydrogen-bond acceptors (Lipinski definition) is 4. The van der Waals surface area contributed by atoms with Crippen LogP contribution in [0.4, 0.5) is 4.39 Å². The van der Waals surface area contributed by atoms with Crippen molar-refractivity contribution in [1.82, 2.24) is 5.32 Å². The molecule has 0 aliphatic carbocycles. The fourth-order valence-electron chi connectivity index (χ4n) is 1.87. The van der Waals surface area contributed by atoms with E-state index in [1.807, 2.05) is 13.8 Å². The maximum Gasteiger partial charge on any atom is 0.258 e. The number of amides is 1. The topological polar surface area (TPSA) is 70.9 Å². The maximum atomic E-state index is 13.3. The van der Waals surface area contributed by atoms with Gasteiger partial charge in [0.2, 0.25) is 0 Å². The molecule has 0 atom stereocenters. The van der Waals surface area contributed by atoms with E-state index in [0.717, 1.165) is 18.9 Å².